The molecule has 2 N–H and O–H groups in total. The topological polar surface area (TPSA) is 52.5 Å². The van der Waals surface area contributed by atoms with Crippen LogP contribution in [-0.4, -0.2) is 9.38 Å². The van der Waals surface area contributed by atoms with Gasteiger partial charge in [-0.15, -0.1) is 0 Å². The Balaban J connectivity index is 1.78. The first-order chi connectivity index (χ1) is 9.20. The highest BCUT2D eigenvalue weighted by Crippen LogP contribution is 2.15. The molecule has 3 rings (SSSR count). The Morgan fingerprint density at radius 3 is 2.95 bits per heavy atom. The molecule has 0 atom stereocenters. The van der Waals surface area contributed by atoms with Gasteiger partial charge in [-0.2, -0.15) is 0 Å². The molecular weight excluding hydrogens is 245 g/mol. The summed E-state index contributed by atoms with van der Waals surface area (Å²) in [6.07, 6.45) is 3.62. The zero-order valence-electron chi connectivity index (χ0n) is 10.1. The Morgan fingerprint density at radius 1 is 1.21 bits per heavy atom. The third kappa shape index (κ3) is 2.49. The number of hydrogen-bond acceptors (Lipinski definition) is 3. The van der Waals surface area contributed by atoms with Crippen LogP contribution in [0, 0.1) is 5.82 Å². The predicted octanol–water partition coefficient (Wildman–Crippen LogP) is 2.63. The zero-order chi connectivity index (χ0) is 13.2. The molecule has 0 amide bonds. The molecule has 0 aliphatic carbocycles. The number of halogens is 1. The van der Waals surface area contributed by atoms with E-state index in [1.807, 2.05) is 16.7 Å². The first-order valence-electron chi connectivity index (χ1n) is 5.82. The van der Waals surface area contributed by atoms with Crippen molar-refractivity contribution in [3.05, 3.63) is 60.3 Å². The lowest BCUT2D eigenvalue weighted by molar-refractivity contribution is 0.300. The van der Waals surface area contributed by atoms with Gasteiger partial charge in [-0.05, 0) is 24.3 Å². The lowest BCUT2D eigenvalue weighted by Gasteiger charge is -2.03. The highest BCUT2D eigenvalue weighted by atomic mass is 19.1. The van der Waals surface area contributed by atoms with E-state index in [9.17, 15) is 4.39 Å². The minimum Gasteiger partial charge on any atom is -0.487 e. The Bertz CT molecular complexity index is 724. The molecule has 0 fully saturated rings. The van der Waals surface area contributed by atoms with Gasteiger partial charge in [0.05, 0.1) is 5.69 Å². The number of anilines is 1. The lowest BCUT2D eigenvalue weighted by Crippen LogP contribution is -1.95. The summed E-state index contributed by atoms with van der Waals surface area (Å²) < 4.78 is 20.3. The molecule has 0 aliphatic heterocycles. The van der Waals surface area contributed by atoms with Crippen LogP contribution in [0.15, 0.2) is 48.8 Å². The van der Waals surface area contributed by atoms with Crippen molar-refractivity contribution < 1.29 is 9.13 Å². The van der Waals surface area contributed by atoms with Gasteiger partial charge in [0.15, 0.2) is 0 Å². The summed E-state index contributed by atoms with van der Waals surface area (Å²) in [5.41, 5.74) is 7.92. The number of nitrogens with two attached hydrogens (primary N) is 1. The molecule has 2 heterocycles. The minimum absolute atomic E-state index is 0.283. The van der Waals surface area contributed by atoms with Crippen LogP contribution in [0.2, 0.25) is 0 Å². The molecule has 0 bridgehead atoms. The fourth-order valence-electron chi connectivity index (χ4n) is 1.85. The second-order valence-electron chi connectivity index (χ2n) is 4.21. The van der Waals surface area contributed by atoms with Crippen LogP contribution >= 0.6 is 0 Å². The summed E-state index contributed by atoms with van der Waals surface area (Å²) in [6.45, 7) is 0.283. The van der Waals surface area contributed by atoms with E-state index in [0.717, 1.165) is 11.3 Å². The Hall–Kier alpha value is -2.56. The Labute approximate surface area is 109 Å². The molecule has 3 aromatic rings. The first kappa shape index (κ1) is 11.5. The van der Waals surface area contributed by atoms with Gasteiger partial charge in [-0.1, -0.05) is 6.07 Å². The fraction of sp³-hybridized carbons (Fsp3) is 0.0714. The lowest BCUT2D eigenvalue weighted by atomic mass is 10.3. The summed E-state index contributed by atoms with van der Waals surface area (Å²) >= 11 is 0. The van der Waals surface area contributed by atoms with Crippen molar-refractivity contribution in [1.82, 2.24) is 9.38 Å². The van der Waals surface area contributed by atoms with Gasteiger partial charge >= 0.3 is 0 Å². The van der Waals surface area contributed by atoms with Crippen LogP contribution in [-0.2, 0) is 6.61 Å². The second kappa shape index (κ2) is 4.61. The van der Waals surface area contributed by atoms with Crippen LogP contribution in [0.1, 0.15) is 5.69 Å². The molecule has 5 heteroatoms. The summed E-state index contributed by atoms with van der Waals surface area (Å²) in [7, 11) is 0. The fourth-order valence-corrected chi connectivity index (χ4v) is 1.85. The van der Waals surface area contributed by atoms with Crippen molar-refractivity contribution in [3.8, 4) is 5.75 Å². The molecule has 0 unspecified atom stereocenters. The van der Waals surface area contributed by atoms with Gasteiger partial charge in [0.2, 0.25) is 0 Å². The van der Waals surface area contributed by atoms with Crippen molar-refractivity contribution in [1.29, 1.82) is 0 Å². The molecule has 0 spiro atoms. The number of nitrogens with zero attached hydrogens (tertiary/aromatic N) is 2. The van der Waals surface area contributed by atoms with Crippen molar-refractivity contribution in [3.63, 3.8) is 0 Å². The van der Waals surface area contributed by atoms with E-state index in [4.69, 9.17) is 10.5 Å². The molecular formula is C14H12FN3O. The molecule has 2 aromatic heterocycles. The number of ether oxygens (including phenoxy) is 1. The van der Waals surface area contributed by atoms with Crippen molar-refractivity contribution in [2.45, 2.75) is 6.61 Å². The molecule has 96 valence electrons. The van der Waals surface area contributed by atoms with E-state index < -0.39 is 0 Å². The molecule has 0 saturated carbocycles. The summed E-state index contributed by atoms with van der Waals surface area (Å²) in [4.78, 5) is 4.38. The average molecular weight is 257 g/mol. The summed E-state index contributed by atoms with van der Waals surface area (Å²) in [5, 5.41) is 0. The van der Waals surface area contributed by atoms with E-state index in [-0.39, 0.29) is 12.4 Å². The van der Waals surface area contributed by atoms with Gasteiger partial charge in [0, 0.05) is 24.1 Å². The van der Waals surface area contributed by atoms with Crippen LogP contribution in [0.3, 0.4) is 0 Å². The summed E-state index contributed by atoms with van der Waals surface area (Å²) in [6, 6.07) is 9.65. The van der Waals surface area contributed by atoms with Gasteiger partial charge in [-0.3, -0.25) is 0 Å². The maximum absolute atomic E-state index is 13.0. The van der Waals surface area contributed by atoms with Gasteiger partial charge in [0.1, 0.15) is 23.8 Å². The number of aromatic nitrogens is 2. The highest BCUT2D eigenvalue weighted by Gasteiger charge is 2.03. The number of imidazole rings is 1. The Kier molecular flexibility index (Phi) is 2.79. The van der Waals surface area contributed by atoms with E-state index >= 15 is 0 Å². The third-order valence-electron chi connectivity index (χ3n) is 2.71. The van der Waals surface area contributed by atoms with Crippen LogP contribution in [0.4, 0.5) is 10.1 Å². The average Bonchev–Trinajstić information content (AvgIpc) is 2.78. The first-order valence-corrected chi connectivity index (χ1v) is 5.82. The van der Waals surface area contributed by atoms with Gasteiger partial charge < -0.3 is 14.9 Å². The molecule has 0 aliphatic rings. The number of fused-ring (bicyclic) bond motifs is 1. The highest BCUT2D eigenvalue weighted by molar-refractivity contribution is 5.48. The predicted molar refractivity (Wildman–Crippen MR) is 70.3 cm³/mol. The number of benzene rings is 1. The number of nitrogen functional groups attached to an aromatic ring is 1. The normalized spacial score (nSPS) is 10.8. The number of pyridine rings is 1. The molecule has 1 aromatic carbocycles. The molecule has 0 radical (unpaired) electrons. The van der Waals surface area contributed by atoms with Crippen molar-refractivity contribution in [2.75, 3.05) is 5.73 Å². The smallest absolute Gasteiger partial charge is 0.137 e. The standard InChI is InChI=1S/C14H12FN3O/c15-10-2-1-3-13(6-10)19-9-12-8-18-7-11(16)4-5-14(18)17-12/h1-8H,9,16H2. The van der Waals surface area contributed by atoms with Crippen LogP contribution < -0.4 is 10.5 Å². The SMILES string of the molecule is Nc1ccc2nc(COc3cccc(F)c3)cn2c1. The Morgan fingerprint density at radius 2 is 2.11 bits per heavy atom. The molecule has 19 heavy (non-hydrogen) atoms. The largest absolute Gasteiger partial charge is 0.487 e. The monoisotopic (exact) mass is 257 g/mol. The number of rotatable bonds is 3. The zero-order valence-corrected chi connectivity index (χ0v) is 10.1. The third-order valence-corrected chi connectivity index (χ3v) is 2.71. The van der Waals surface area contributed by atoms with E-state index in [2.05, 4.69) is 4.98 Å². The quantitative estimate of drug-likeness (QED) is 0.784. The maximum Gasteiger partial charge on any atom is 0.137 e. The van der Waals surface area contributed by atoms with Gasteiger partial charge in [0.25, 0.3) is 0 Å². The van der Waals surface area contributed by atoms with E-state index in [0.29, 0.717) is 11.4 Å². The maximum atomic E-state index is 13.0. The molecule has 4 nitrogen and oxygen atoms in total. The van der Waals surface area contributed by atoms with E-state index in [1.54, 1.807) is 24.4 Å². The second-order valence-corrected chi connectivity index (χ2v) is 4.21. The molecule has 0 saturated heterocycles. The minimum atomic E-state index is -0.319. The summed E-state index contributed by atoms with van der Waals surface area (Å²) in [5.74, 6) is 0.164. The van der Waals surface area contributed by atoms with Crippen LogP contribution in [0.5, 0.6) is 5.75 Å². The number of hydrogen-bond donors (Lipinski definition) is 1. The van der Waals surface area contributed by atoms with Crippen LogP contribution in [0.25, 0.3) is 5.65 Å². The van der Waals surface area contributed by atoms with Crippen molar-refractivity contribution >= 4 is 11.3 Å². The van der Waals surface area contributed by atoms with Gasteiger partial charge in [-0.25, -0.2) is 9.37 Å². The van der Waals surface area contributed by atoms with Crippen molar-refractivity contribution in [2.24, 2.45) is 0 Å². The van der Waals surface area contributed by atoms with E-state index in [1.165, 1.54) is 12.1 Å².